The number of allylic oxidation sites excluding steroid dienone is 1. The van der Waals surface area contributed by atoms with Crippen molar-refractivity contribution in [3.05, 3.63) is 54.6 Å². The molecule has 2 aliphatic carbocycles. The van der Waals surface area contributed by atoms with Gasteiger partial charge in [0.15, 0.2) is 5.82 Å². The van der Waals surface area contributed by atoms with Crippen molar-refractivity contribution in [2.75, 3.05) is 10.6 Å². The molecule has 27 heavy (non-hydrogen) atoms. The summed E-state index contributed by atoms with van der Waals surface area (Å²) in [4.78, 5) is 4.22. The van der Waals surface area contributed by atoms with E-state index in [0.29, 0.717) is 17.7 Å². The number of pyridine rings is 2. The van der Waals surface area contributed by atoms with Crippen molar-refractivity contribution in [1.29, 1.82) is 5.26 Å². The molecule has 3 aromatic heterocycles. The fourth-order valence-electron chi connectivity index (χ4n) is 3.24. The molecule has 6 nitrogen and oxygen atoms in total. The van der Waals surface area contributed by atoms with Crippen LogP contribution in [0, 0.1) is 17.2 Å². The van der Waals surface area contributed by atoms with Gasteiger partial charge in [0, 0.05) is 29.6 Å². The van der Waals surface area contributed by atoms with Crippen LogP contribution < -0.4 is 10.6 Å². The van der Waals surface area contributed by atoms with Crippen molar-refractivity contribution < 1.29 is 0 Å². The summed E-state index contributed by atoms with van der Waals surface area (Å²) in [5.74, 6) is 1.40. The summed E-state index contributed by atoms with van der Waals surface area (Å²) in [5, 5.41) is 20.7. The number of fused-ring (bicyclic) bond motifs is 1. The van der Waals surface area contributed by atoms with Gasteiger partial charge in [-0.2, -0.15) is 10.4 Å². The highest BCUT2D eigenvalue weighted by atomic mass is 15.3. The Morgan fingerprint density at radius 2 is 2.07 bits per heavy atom. The standard InChI is InChI=1S/C21H20N6/c1-13(14-2-3-14)24-21-10-18-8-15(6-7-27(18)26-21)19-9-17(11-22)23-12-20(19)25-16-4-5-16/h6-10,12,14,16,25H,1-5H2,(H,24,26). The third-order valence-corrected chi connectivity index (χ3v) is 5.09. The molecule has 2 fully saturated rings. The zero-order chi connectivity index (χ0) is 18.4. The van der Waals surface area contributed by atoms with E-state index in [1.807, 2.05) is 28.9 Å². The first-order valence-electron chi connectivity index (χ1n) is 9.32. The van der Waals surface area contributed by atoms with Crippen molar-refractivity contribution >= 4 is 17.0 Å². The normalized spacial score (nSPS) is 16.1. The van der Waals surface area contributed by atoms with Crippen molar-refractivity contribution in [3.8, 4) is 17.2 Å². The molecule has 0 spiro atoms. The first-order valence-corrected chi connectivity index (χ1v) is 9.32. The third-order valence-electron chi connectivity index (χ3n) is 5.09. The minimum Gasteiger partial charge on any atom is -0.381 e. The molecule has 3 aromatic rings. The van der Waals surface area contributed by atoms with Gasteiger partial charge in [-0.1, -0.05) is 6.58 Å². The quantitative estimate of drug-likeness (QED) is 0.693. The topological polar surface area (TPSA) is 78.0 Å². The van der Waals surface area contributed by atoms with Crippen LogP contribution in [0.1, 0.15) is 31.4 Å². The maximum Gasteiger partial charge on any atom is 0.153 e. The largest absolute Gasteiger partial charge is 0.381 e. The number of aromatic nitrogens is 3. The van der Waals surface area contributed by atoms with E-state index in [1.54, 1.807) is 6.20 Å². The van der Waals surface area contributed by atoms with Crippen LogP contribution in [-0.4, -0.2) is 20.6 Å². The molecule has 0 amide bonds. The maximum atomic E-state index is 9.24. The summed E-state index contributed by atoms with van der Waals surface area (Å²) in [5.41, 5.74) is 5.46. The second-order valence-electron chi connectivity index (χ2n) is 7.38. The number of hydrogen-bond acceptors (Lipinski definition) is 5. The molecule has 0 saturated heterocycles. The Bertz CT molecular complexity index is 1080. The lowest BCUT2D eigenvalue weighted by Crippen LogP contribution is -2.04. The fourth-order valence-corrected chi connectivity index (χ4v) is 3.24. The van der Waals surface area contributed by atoms with E-state index in [0.717, 1.165) is 33.8 Å². The summed E-state index contributed by atoms with van der Waals surface area (Å²) < 4.78 is 1.85. The number of anilines is 2. The lowest BCUT2D eigenvalue weighted by Gasteiger charge is -2.11. The Morgan fingerprint density at radius 3 is 2.81 bits per heavy atom. The highest BCUT2D eigenvalue weighted by molar-refractivity contribution is 5.81. The molecule has 0 radical (unpaired) electrons. The molecule has 0 bridgehead atoms. The van der Waals surface area contributed by atoms with E-state index in [9.17, 15) is 5.26 Å². The summed E-state index contributed by atoms with van der Waals surface area (Å²) in [6.07, 6.45) is 8.50. The Hall–Kier alpha value is -3.33. The van der Waals surface area contributed by atoms with Crippen molar-refractivity contribution in [3.63, 3.8) is 0 Å². The van der Waals surface area contributed by atoms with Crippen LogP contribution in [0.5, 0.6) is 0 Å². The van der Waals surface area contributed by atoms with Crippen LogP contribution in [-0.2, 0) is 0 Å². The smallest absolute Gasteiger partial charge is 0.153 e. The van der Waals surface area contributed by atoms with Crippen LogP contribution in [0.3, 0.4) is 0 Å². The third kappa shape index (κ3) is 3.24. The first kappa shape index (κ1) is 15.9. The zero-order valence-corrected chi connectivity index (χ0v) is 14.9. The van der Waals surface area contributed by atoms with Crippen molar-refractivity contribution in [1.82, 2.24) is 14.6 Å². The predicted octanol–water partition coefficient (Wildman–Crippen LogP) is 4.18. The predicted molar refractivity (Wildman–Crippen MR) is 105 cm³/mol. The molecule has 6 heteroatoms. The van der Waals surface area contributed by atoms with Crippen LogP contribution in [0.4, 0.5) is 11.5 Å². The van der Waals surface area contributed by atoms with Crippen LogP contribution in [0.15, 0.2) is 48.9 Å². The first-order chi connectivity index (χ1) is 13.2. The van der Waals surface area contributed by atoms with E-state index in [2.05, 4.69) is 39.4 Å². The van der Waals surface area contributed by atoms with Gasteiger partial charge in [0.2, 0.25) is 0 Å². The van der Waals surface area contributed by atoms with E-state index < -0.39 is 0 Å². The minimum absolute atomic E-state index is 0.419. The highest BCUT2D eigenvalue weighted by Crippen LogP contribution is 2.36. The molecule has 0 unspecified atom stereocenters. The van der Waals surface area contributed by atoms with E-state index in [-0.39, 0.29) is 0 Å². The molecular formula is C21H20N6. The van der Waals surface area contributed by atoms with Gasteiger partial charge in [0.25, 0.3) is 0 Å². The van der Waals surface area contributed by atoms with Crippen molar-refractivity contribution in [2.24, 2.45) is 5.92 Å². The average molecular weight is 356 g/mol. The molecular weight excluding hydrogens is 336 g/mol. The lowest BCUT2D eigenvalue weighted by molar-refractivity contribution is 0.948. The molecule has 0 aromatic carbocycles. The Morgan fingerprint density at radius 1 is 1.22 bits per heavy atom. The summed E-state index contributed by atoms with van der Waals surface area (Å²) in [6, 6.07) is 10.6. The van der Waals surface area contributed by atoms with E-state index >= 15 is 0 Å². The molecule has 0 atom stereocenters. The fraction of sp³-hybridized carbons (Fsp3) is 0.286. The SMILES string of the molecule is C=C(Nc1cc2cc(-c3cc(C#N)ncc3NC3CC3)ccn2n1)C1CC1. The molecule has 0 aliphatic heterocycles. The van der Waals surface area contributed by atoms with Crippen LogP contribution >= 0.6 is 0 Å². The van der Waals surface area contributed by atoms with Gasteiger partial charge in [-0.25, -0.2) is 9.50 Å². The summed E-state index contributed by atoms with van der Waals surface area (Å²) in [7, 11) is 0. The number of rotatable bonds is 6. The zero-order valence-electron chi connectivity index (χ0n) is 14.9. The Labute approximate surface area is 157 Å². The number of nitrogens with zero attached hydrogens (tertiary/aromatic N) is 4. The summed E-state index contributed by atoms with van der Waals surface area (Å²) in [6.45, 7) is 4.11. The minimum atomic E-state index is 0.419. The summed E-state index contributed by atoms with van der Waals surface area (Å²) >= 11 is 0. The van der Waals surface area contributed by atoms with Gasteiger partial charge < -0.3 is 10.6 Å². The van der Waals surface area contributed by atoms with Crippen LogP contribution in [0.25, 0.3) is 16.6 Å². The lowest BCUT2D eigenvalue weighted by atomic mass is 10.0. The van der Waals surface area contributed by atoms with Crippen molar-refractivity contribution in [2.45, 2.75) is 31.7 Å². The molecule has 3 heterocycles. The van der Waals surface area contributed by atoms with Gasteiger partial charge in [0.1, 0.15) is 11.8 Å². The second kappa shape index (κ2) is 6.13. The van der Waals surface area contributed by atoms with Gasteiger partial charge in [-0.3, -0.25) is 0 Å². The number of nitrogens with one attached hydrogen (secondary N) is 2. The van der Waals surface area contributed by atoms with Gasteiger partial charge in [-0.05, 0) is 55.4 Å². The number of nitriles is 1. The second-order valence-corrected chi connectivity index (χ2v) is 7.38. The molecule has 5 rings (SSSR count). The molecule has 2 N–H and O–H groups in total. The van der Waals surface area contributed by atoms with E-state index in [4.69, 9.17) is 0 Å². The highest BCUT2D eigenvalue weighted by Gasteiger charge is 2.25. The maximum absolute atomic E-state index is 9.24. The van der Waals surface area contributed by atoms with Gasteiger partial charge in [0.05, 0.1) is 17.4 Å². The van der Waals surface area contributed by atoms with Gasteiger partial charge >= 0.3 is 0 Å². The Kier molecular flexibility index (Phi) is 3.61. The molecule has 134 valence electrons. The monoisotopic (exact) mass is 356 g/mol. The van der Waals surface area contributed by atoms with E-state index in [1.165, 1.54) is 25.7 Å². The van der Waals surface area contributed by atoms with Gasteiger partial charge in [-0.15, -0.1) is 0 Å². The van der Waals surface area contributed by atoms with Crippen LogP contribution in [0.2, 0.25) is 0 Å². The number of hydrogen-bond donors (Lipinski definition) is 2. The molecule has 2 aliphatic rings. The molecule has 2 saturated carbocycles. The average Bonchev–Trinajstić information content (AvgIpc) is 3.59. The Balaban J connectivity index is 1.50.